The van der Waals surface area contributed by atoms with Crippen LogP contribution in [0.25, 0.3) is 0 Å². The van der Waals surface area contributed by atoms with Crippen LogP contribution in [0.1, 0.15) is 10.4 Å². The number of nitrogens with two attached hydrogens (primary N) is 1. The second-order valence-electron chi connectivity index (χ2n) is 3.78. The van der Waals surface area contributed by atoms with Gasteiger partial charge >= 0.3 is 0 Å². The van der Waals surface area contributed by atoms with Crippen LogP contribution < -0.4 is 11.1 Å². The minimum absolute atomic E-state index is 0.0238. The lowest BCUT2D eigenvalue weighted by molar-refractivity contribution is 0.102. The maximum absolute atomic E-state index is 13.6. The molecule has 1 heterocycles. The molecule has 0 saturated carbocycles. The third-order valence-corrected chi connectivity index (χ3v) is 3.11. The van der Waals surface area contributed by atoms with Crippen molar-refractivity contribution in [1.29, 1.82) is 0 Å². The van der Waals surface area contributed by atoms with Crippen molar-refractivity contribution in [1.82, 2.24) is 4.98 Å². The zero-order valence-electron chi connectivity index (χ0n) is 9.75. The number of pyridine rings is 1. The Labute approximate surface area is 126 Å². The number of nitrogen functional groups attached to an aromatic ring is 1. The molecule has 0 bridgehead atoms. The fraction of sp³-hybridized carbons (Fsp3) is 0. The summed E-state index contributed by atoms with van der Waals surface area (Å²) in [7, 11) is 0. The van der Waals surface area contributed by atoms with Gasteiger partial charge in [0.15, 0.2) is 5.82 Å². The molecule has 0 aliphatic heterocycles. The van der Waals surface area contributed by atoms with E-state index in [4.69, 9.17) is 17.3 Å². The van der Waals surface area contributed by atoms with Gasteiger partial charge in [-0.3, -0.25) is 4.79 Å². The molecule has 0 fully saturated rings. The summed E-state index contributed by atoms with van der Waals surface area (Å²) in [5.41, 5.74) is 5.28. The van der Waals surface area contributed by atoms with Crippen molar-refractivity contribution in [2.75, 3.05) is 11.1 Å². The van der Waals surface area contributed by atoms with E-state index < -0.39 is 17.5 Å². The van der Waals surface area contributed by atoms with Crippen LogP contribution in [0.15, 0.2) is 28.9 Å². The van der Waals surface area contributed by atoms with Crippen LogP contribution in [-0.4, -0.2) is 10.9 Å². The standard InChI is InChI=1S/C12H7BrClF2N3O/c13-5-1-7(11(17)18-4-5)12(20)19-10-8(14)2-6(15)3-9(10)16/h1-4H,(H2,17,18)(H,19,20). The zero-order valence-corrected chi connectivity index (χ0v) is 12.1. The molecule has 1 aromatic carbocycles. The molecule has 1 aromatic heterocycles. The van der Waals surface area contributed by atoms with E-state index in [-0.39, 0.29) is 22.1 Å². The van der Waals surface area contributed by atoms with Gasteiger partial charge in [0.05, 0.1) is 16.3 Å². The summed E-state index contributed by atoms with van der Waals surface area (Å²) >= 11 is 8.83. The van der Waals surface area contributed by atoms with Gasteiger partial charge in [0.25, 0.3) is 5.91 Å². The first-order valence-corrected chi connectivity index (χ1v) is 6.42. The molecule has 2 rings (SSSR count). The number of nitrogens with zero attached hydrogens (tertiary/aromatic N) is 1. The molecule has 0 radical (unpaired) electrons. The number of hydrogen-bond donors (Lipinski definition) is 2. The second kappa shape index (κ2) is 5.72. The van der Waals surface area contributed by atoms with Crippen LogP contribution in [0.2, 0.25) is 5.02 Å². The average molecular weight is 363 g/mol. The second-order valence-corrected chi connectivity index (χ2v) is 5.11. The molecule has 8 heteroatoms. The number of nitrogens with one attached hydrogen (secondary N) is 1. The lowest BCUT2D eigenvalue weighted by Gasteiger charge is -2.10. The van der Waals surface area contributed by atoms with Crippen molar-refractivity contribution in [2.45, 2.75) is 0 Å². The first kappa shape index (κ1) is 14.7. The summed E-state index contributed by atoms with van der Waals surface area (Å²) in [5, 5.41) is 1.98. The van der Waals surface area contributed by atoms with Crippen LogP contribution in [0.4, 0.5) is 20.3 Å². The number of carbonyl (C=O) groups is 1. The third kappa shape index (κ3) is 3.05. The van der Waals surface area contributed by atoms with E-state index in [0.717, 1.165) is 6.07 Å². The normalized spacial score (nSPS) is 10.4. The van der Waals surface area contributed by atoms with Crippen LogP contribution in [0, 0.1) is 11.6 Å². The molecular weight excluding hydrogens is 356 g/mol. The highest BCUT2D eigenvalue weighted by atomic mass is 79.9. The minimum atomic E-state index is -0.982. The van der Waals surface area contributed by atoms with Gasteiger partial charge in [-0.15, -0.1) is 0 Å². The monoisotopic (exact) mass is 361 g/mol. The predicted octanol–water partition coefficient (Wildman–Crippen LogP) is 3.61. The van der Waals surface area contributed by atoms with E-state index in [9.17, 15) is 13.6 Å². The number of hydrogen-bond acceptors (Lipinski definition) is 3. The number of benzene rings is 1. The van der Waals surface area contributed by atoms with Gasteiger partial charge in [-0.25, -0.2) is 13.8 Å². The first-order valence-electron chi connectivity index (χ1n) is 5.25. The molecule has 0 atom stereocenters. The zero-order chi connectivity index (χ0) is 14.9. The highest BCUT2D eigenvalue weighted by Crippen LogP contribution is 2.27. The Hall–Kier alpha value is -1.73. The minimum Gasteiger partial charge on any atom is -0.383 e. The van der Waals surface area contributed by atoms with E-state index in [1.165, 1.54) is 12.3 Å². The molecule has 0 aliphatic rings. The Kier molecular flexibility index (Phi) is 4.20. The predicted molar refractivity (Wildman–Crippen MR) is 75.7 cm³/mol. The average Bonchev–Trinajstić information content (AvgIpc) is 2.36. The van der Waals surface area contributed by atoms with Crippen molar-refractivity contribution in [3.8, 4) is 0 Å². The molecule has 0 unspecified atom stereocenters. The van der Waals surface area contributed by atoms with Gasteiger partial charge in [0.2, 0.25) is 0 Å². The van der Waals surface area contributed by atoms with E-state index in [1.54, 1.807) is 0 Å². The molecule has 0 aliphatic carbocycles. The maximum atomic E-state index is 13.6. The molecule has 3 N–H and O–H groups in total. The molecule has 2 aromatic rings. The molecular formula is C12H7BrClF2N3O. The van der Waals surface area contributed by atoms with Crippen LogP contribution >= 0.6 is 27.5 Å². The Balaban J connectivity index is 2.35. The molecule has 20 heavy (non-hydrogen) atoms. The fourth-order valence-electron chi connectivity index (χ4n) is 1.47. The summed E-state index contributed by atoms with van der Waals surface area (Å²) < 4.78 is 27.0. The number of halogens is 4. The highest BCUT2D eigenvalue weighted by Gasteiger charge is 2.16. The van der Waals surface area contributed by atoms with E-state index in [2.05, 4.69) is 26.2 Å². The maximum Gasteiger partial charge on any atom is 0.259 e. The van der Waals surface area contributed by atoms with Crippen molar-refractivity contribution in [3.05, 3.63) is 51.1 Å². The van der Waals surface area contributed by atoms with Crippen molar-refractivity contribution < 1.29 is 13.6 Å². The lowest BCUT2D eigenvalue weighted by Crippen LogP contribution is -2.16. The van der Waals surface area contributed by atoms with Gasteiger partial charge < -0.3 is 11.1 Å². The van der Waals surface area contributed by atoms with E-state index in [1.807, 2.05) is 0 Å². The number of rotatable bonds is 2. The lowest BCUT2D eigenvalue weighted by atomic mass is 10.2. The summed E-state index contributed by atoms with van der Waals surface area (Å²) in [6.07, 6.45) is 1.41. The summed E-state index contributed by atoms with van der Waals surface area (Å²) in [5.74, 6) is -2.55. The van der Waals surface area contributed by atoms with Gasteiger partial charge in [0.1, 0.15) is 11.6 Å². The largest absolute Gasteiger partial charge is 0.383 e. The van der Waals surface area contributed by atoms with Crippen LogP contribution in [0.3, 0.4) is 0 Å². The van der Waals surface area contributed by atoms with Crippen LogP contribution in [0.5, 0.6) is 0 Å². The number of aromatic nitrogens is 1. The topological polar surface area (TPSA) is 68.0 Å². The van der Waals surface area contributed by atoms with E-state index >= 15 is 0 Å². The van der Waals surface area contributed by atoms with Crippen molar-refractivity contribution in [2.24, 2.45) is 0 Å². The van der Waals surface area contributed by atoms with Gasteiger partial charge in [-0.1, -0.05) is 11.6 Å². The smallest absolute Gasteiger partial charge is 0.259 e. The SMILES string of the molecule is Nc1ncc(Br)cc1C(=O)Nc1c(F)cc(F)cc1Cl. The molecule has 0 saturated heterocycles. The fourth-order valence-corrected chi connectivity index (χ4v) is 2.05. The number of anilines is 2. The van der Waals surface area contributed by atoms with Gasteiger partial charge in [-0.2, -0.15) is 0 Å². The molecule has 1 amide bonds. The first-order chi connectivity index (χ1) is 9.38. The van der Waals surface area contributed by atoms with Crippen molar-refractivity contribution >= 4 is 44.9 Å². The van der Waals surface area contributed by atoms with Crippen LogP contribution in [-0.2, 0) is 0 Å². The quantitative estimate of drug-likeness (QED) is 0.857. The van der Waals surface area contributed by atoms with Gasteiger partial charge in [-0.05, 0) is 28.1 Å². The highest BCUT2D eigenvalue weighted by molar-refractivity contribution is 9.10. The number of carbonyl (C=O) groups excluding carboxylic acids is 1. The Morgan fingerprint density at radius 3 is 2.70 bits per heavy atom. The summed E-state index contributed by atoms with van der Waals surface area (Å²) in [6.45, 7) is 0. The molecule has 4 nitrogen and oxygen atoms in total. The van der Waals surface area contributed by atoms with Gasteiger partial charge in [0, 0.05) is 16.7 Å². The number of amides is 1. The Morgan fingerprint density at radius 2 is 2.05 bits per heavy atom. The van der Waals surface area contributed by atoms with Crippen molar-refractivity contribution in [3.63, 3.8) is 0 Å². The third-order valence-electron chi connectivity index (χ3n) is 2.38. The molecule has 0 spiro atoms. The summed E-state index contributed by atoms with van der Waals surface area (Å²) in [4.78, 5) is 15.8. The Morgan fingerprint density at radius 1 is 1.35 bits per heavy atom. The molecule has 104 valence electrons. The Bertz CT molecular complexity index is 673. The van der Waals surface area contributed by atoms with E-state index in [0.29, 0.717) is 10.5 Å². The summed E-state index contributed by atoms with van der Waals surface area (Å²) in [6, 6.07) is 2.93.